The van der Waals surface area contributed by atoms with Crippen LogP contribution in [0.1, 0.15) is 26.2 Å². The van der Waals surface area contributed by atoms with Gasteiger partial charge in [-0.25, -0.2) is 0 Å². The maximum Gasteiger partial charge on any atom is 0.226 e. The van der Waals surface area contributed by atoms with Crippen LogP contribution in [0.15, 0.2) is 28.8 Å². The lowest BCUT2D eigenvalue weighted by Crippen LogP contribution is -1.93. The summed E-state index contributed by atoms with van der Waals surface area (Å²) in [5, 5.41) is 3.96. The lowest BCUT2D eigenvalue weighted by molar-refractivity contribution is 0.368. The molecule has 0 aliphatic carbocycles. The van der Waals surface area contributed by atoms with Crippen molar-refractivity contribution in [3.8, 4) is 11.4 Å². The molecule has 2 aromatic rings. The number of para-hydroxylation sites is 1. The SMILES string of the molecule is CC(C)CCc1nc(-c2ccccc2N)no1. The Labute approximate surface area is 101 Å². The highest BCUT2D eigenvalue weighted by Gasteiger charge is 2.10. The molecule has 1 aromatic carbocycles. The highest BCUT2D eigenvalue weighted by Crippen LogP contribution is 2.22. The predicted molar refractivity (Wildman–Crippen MR) is 67.3 cm³/mol. The molecule has 0 aliphatic heterocycles. The molecule has 0 unspecified atom stereocenters. The molecule has 2 N–H and O–H groups in total. The van der Waals surface area contributed by atoms with E-state index in [4.69, 9.17) is 10.3 Å². The molecule has 90 valence electrons. The second-order valence-electron chi connectivity index (χ2n) is 4.53. The molecule has 0 spiro atoms. The summed E-state index contributed by atoms with van der Waals surface area (Å²) in [5.41, 5.74) is 7.36. The van der Waals surface area contributed by atoms with Crippen molar-refractivity contribution in [3.05, 3.63) is 30.2 Å². The van der Waals surface area contributed by atoms with Crippen LogP contribution in [0.4, 0.5) is 5.69 Å². The lowest BCUT2D eigenvalue weighted by Gasteiger charge is -1.99. The van der Waals surface area contributed by atoms with Crippen LogP contribution >= 0.6 is 0 Å². The van der Waals surface area contributed by atoms with Gasteiger partial charge in [0.2, 0.25) is 11.7 Å². The average Bonchev–Trinajstić information content (AvgIpc) is 2.75. The third-order valence-corrected chi connectivity index (χ3v) is 2.61. The molecule has 0 saturated heterocycles. The van der Waals surface area contributed by atoms with Gasteiger partial charge in [0.25, 0.3) is 0 Å². The van der Waals surface area contributed by atoms with Crippen molar-refractivity contribution in [2.45, 2.75) is 26.7 Å². The Balaban J connectivity index is 2.16. The molecule has 0 radical (unpaired) electrons. The van der Waals surface area contributed by atoms with E-state index >= 15 is 0 Å². The second-order valence-corrected chi connectivity index (χ2v) is 4.53. The summed E-state index contributed by atoms with van der Waals surface area (Å²) in [4.78, 5) is 4.36. The number of nitrogens with zero attached hydrogens (tertiary/aromatic N) is 2. The third kappa shape index (κ3) is 2.84. The second kappa shape index (κ2) is 4.99. The van der Waals surface area contributed by atoms with E-state index < -0.39 is 0 Å². The molecule has 0 fully saturated rings. The largest absolute Gasteiger partial charge is 0.398 e. The van der Waals surface area contributed by atoms with Gasteiger partial charge >= 0.3 is 0 Å². The number of hydrogen-bond donors (Lipinski definition) is 1. The van der Waals surface area contributed by atoms with Gasteiger partial charge in [-0.3, -0.25) is 0 Å². The van der Waals surface area contributed by atoms with Crippen molar-refractivity contribution in [1.29, 1.82) is 0 Å². The number of anilines is 1. The van der Waals surface area contributed by atoms with Gasteiger partial charge in [0, 0.05) is 17.7 Å². The third-order valence-electron chi connectivity index (χ3n) is 2.61. The first-order valence-electron chi connectivity index (χ1n) is 5.84. The summed E-state index contributed by atoms with van der Waals surface area (Å²) >= 11 is 0. The zero-order valence-corrected chi connectivity index (χ0v) is 10.2. The van der Waals surface area contributed by atoms with E-state index in [-0.39, 0.29) is 0 Å². The van der Waals surface area contributed by atoms with Crippen LogP contribution in [0.25, 0.3) is 11.4 Å². The summed E-state index contributed by atoms with van der Waals surface area (Å²) in [6.45, 7) is 4.35. The molecule has 1 aromatic heterocycles. The Bertz CT molecular complexity index is 491. The molecule has 0 atom stereocenters. The fraction of sp³-hybridized carbons (Fsp3) is 0.385. The number of aromatic nitrogens is 2. The number of benzene rings is 1. The topological polar surface area (TPSA) is 64.9 Å². The molecule has 0 bridgehead atoms. The number of nitrogens with two attached hydrogens (primary N) is 1. The van der Waals surface area contributed by atoms with E-state index in [9.17, 15) is 0 Å². The smallest absolute Gasteiger partial charge is 0.226 e. The minimum Gasteiger partial charge on any atom is -0.398 e. The van der Waals surface area contributed by atoms with Crippen molar-refractivity contribution in [3.63, 3.8) is 0 Å². The van der Waals surface area contributed by atoms with E-state index in [1.807, 2.05) is 24.3 Å². The molecule has 0 saturated carbocycles. The van der Waals surface area contributed by atoms with Crippen molar-refractivity contribution in [2.24, 2.45) is 5.92 Å². The highest BCUT2D eigenvalue weighted by atomic mass is 16.5. The van der Waals surface area contributed by atoms with Gasteiger partial charge in [-0.15, -0.1) is 0 Å². The number of hydrogen-bond acceptors (Lipinski definition) is 4. The minimum atomic E-state index is 0.571. The van der Waals surface area contributed by atoms with E-state index in [0.717, 1.165) is 18.4 Å². The first kappa shape index (κ1) is 11.6. The summed E-state index contributed by atoms with van der Waals surface area (Å²) in [6.07, 6.45) is 1.86. The fourth-order valence-electron chi connectivity index (χ4n) is 1.58. The maximum atomic E-state index is 5.86. The molecule has 0 amide bonds. The standard InChI is InChI=1S/C13H17N3O/c1-9(2)7-8-12-15-13(16-17-12)10-5-3-4-6-11(10)14/h3-6,9H,7-8,14H2,1-2H3. The van der Waals surface area contributed by atoms with E-state index in [2.05, 4.69) is 24.0 Å². The Morgan fingerprint density at radius 1 is 1.29 bits per heavy atom. The van der Waals surface area contributed by atoms with E-state index in [1.165, 1.54) is 0 Å². The Morgan fingerprint density at radius 2 is 2.06 bits per heavy atom. The van der Waals surface area contributed by atoms with E-state index in [0.29, 0.717) is 23.3 Å². The first-order chi connectivity index (χ1) is 8.16. The normalized spacial score (nSPS) is 11.0. The van der Waals surface area contributed by atoms with Crippen LogP contribution in [-0.4, -0.2) is 10.1 Å². The van der Waals surface area contributed by atoms with Gasteiger partial charge in [0.1, 0.15) is 0 Å². The number of rotatable bonds is 4. The predicted octanol–water partition coefficient (Wildman–Crippen LogP) is 2.91. The monoisotopic (exact) mass is 231 g/mol. The van der Waals surface area contributed by atoms with Crippen LogP contribution in [-0.2, 0) is 6.42 Å². The first-order valence-corrected chi connectivity index (χ1v) is 5.84. The van der Waals surface area contributed by atoms with E-state index in [1.54, 1.807) is 0 Å². The number of nitrogen functional groups attached to an aromatic ring is 1. The quantitative estimate of drug-likeness (QED) is 0.822. The Hall–Kier alpha value is -1.84. The van der Waals surface area contributed by atoms with Gasteiger partial charge in [-0.2, -0.15) is 4.98 Å². The Morgan fingerprint density at radius 3 is 2.76 bits per heavy atom. The van der Waals surface area contributed by atoms with Crippen molar-refractivity contribution in [1.82, 2.24) is 10.1 Å². The summed E-state index contributed by atoms with van der Waals surface area (Å²) in [5.74, 6) is 1.88. The van der Waals surface area contributed by atoms with Gasteiger partial charge in [0.15, 0.2) is 0 Å². The molecule has 4 heteroatoms. The minimum absolute atomic E-state index is 0.571. The molecular formula is C13H17N3O. The summed E-state index contributed by atoms with van der Waals surface area (Å²) in [6, 6.07) is 7.53. The zero-order chi connectivity index (χ0) is 12.3. The zero-order valence-electron chi connectivity index (χ0n) is 10.2. The van der Waals surface area contributed by atoms with Gasteiger partial charge in [-0.1, -0.05) is 31.1 Å². The van der Waals surface area contributed by atoms with Crippen LogP contribution in [0.3, 0.4) is 0 Å². The van der Waals surface area contributed by atoms with Gasteiger partial charge in [-0.05, 0) is 24.5 Å². The molecule has 4 nitrogen and oxygen atoms in total. The number of aryl methyl sites for hydroxylation is 1. The van der Waals surface area contributed by atoms with Gasteiger partial charge in [0.05, 0.1) is 0 Å². The molecule has 0 aliphatic rings. The molecule has 17 heavy (non-hydrogen) atoms. The van der Waals surface area contributed by atoms with Crippen LogP contribution < -0.4 is 5.73 Å². The summed E-state index contributed by atoms with van der Waals surface area (Å²) in [7, 11) is 0. The van der Waals surface area contributed by atoms with Crippen LogP contribution in [0.2, 0.25) is 0 Å². The van der Waals surface area contributed by atoms with Crippen LogP contribution in [0.5, 0.6) is 0 Å². The average molecular weight is 231 g/mol. The highest BCUT2D eigenvalue weighted by molar-refractivity contribution is 5.70. The Kier molecular flexibility index (Phi) is 3.42. The lowest BCUT2D eigenvalue weighted by atomic mass is 10.1. The molecular weight excluding hydrogens is 214 g/mol. The van der Waals surface area contributed by atoms with Crippen molar-refractivity contribution < 1.29 is 4.52 Å². The summed E-state index contributed by atoms with van der Waals surface area (Å²) < 4.78 is 5.21. The maximum absolute atomic E-state index is 5.86. The molecule has 1 heterocycles. The van der Waals surface area contributed by atoms with Gasteiger partial charge < -0.3 is 10.3 Å². The fourth-order valence-corrected chi connectivity index (χ4v) is 1.58. The van der Waals surface area contributed by atoms with Crippen molar-refractivity contribution in [2.75, 3.05) is 5.73 Å². The van der Waals surface area contributed by atoms with Crippen molar-refractivity contribution >= 4 is 5.69 Å². The van der Waals surface area contributed by atoms with Crippen LogP contribution in [0, 0.1) is 5.92 Å². The molecule has 2 rings (SSSR count).